The highest BCUT2D eigenvalue weighted by molar-refractivity contribution is 7.80. The monoisotopic (exact) mass is 465 g/mol. The van der Waals surface area contributed by atoms with Crippen LogP contribution in [-0.4, -0.2) is 22.9 Å². The maximum absolute atomic E-state index is 13.1. The SMILES string of the molecule is Cc1ccc(N2C(=O)/C(=C/c3ccc(-c4ccc(Cl)c(C(=O)[O-])c4)o3)C(=O)NC2=S)cc1. The number of aromatic carboxylic acids is 1. The summed E-state index contributed by atoms with van der Waals surface area (Å²) in [6, 6.07) is 14.6. The summed E-state index contributed by atoms with van der Waals surface area (Å²) in [6.07, 6.45) is 1.31. The molecule has 0 unspecified atom stereocenters. The summed E-state index contributed by atoms with van der Waals surface area (Å²) in [5.41, 5.74) is 1.64. The topological polar surface area (TPSA) is 103 Å². The van der Waals surface area contributed by atoms with Crippen LogP contribution in [0.3, 0.4) is 0 Å². The van der Waals surface area contributed by atoms with Crippen molar-refractivity contribution < 1.29 is 23.9 Å². The number of carbonyl (C=O) groups excluding carboxylic acids is 3. The number of thiocarbonyl (C=S) groups is 1. The van der Waals surface area contributed by atoms with E-state index < -0.39 is 17.8 Å². The van der Waals surface area contributed by atoms with Crippen molar-refractivity contribution >= 4 is 58.5 Å². The molecule has 1 aliphatic rings. The average molecular weight is 466 g/mol. The fourth-order valence-corrected chi connectivity index (χ4v) is 3.62. The van der Waals surface area contributed by atoms with Gasteiger partial charge in [0.05, 0.1) is 11.7 Å². The predicted molar refractivity (Wildman–Crippen MR) is 121 cm³/mol. The Bertz CT molecular complexity index is 1310. The number of hydrogen-bond donors (Lipinski definition) is 1. The summed E-state index contributed by atoms with van der Waals surface area (Å²) in [6.45, 7) is 1.92. The summed E-state index contributed by atoms with van der Waals surface area (Å²) < 4.78 is 5.71. The molecule has 1 saturated heterocycles. The molecule has 0 radical (unpaired) electrons. The van der Waals surface area contributed by atoms with Gasteiger partial charge in [-0.15, -0.1) is 0 Å². The number of rotatable bonds is 4. The second kappa shape index (κ2) is 8.41. The standard InChI is InChI=1S/C23H15ClN2O5S/c1-12-2-5-14(6-3-12)26-21(28)17(20(27)25-23(26)32)11-15-7-9-19(31-15)13-4-8-18(24)16(10-13)22(29)30/h2-11H,1H3,(H,29,30)(H,25,27,32)/p-1/b17-11+. The number of nitrogens with one attached hydrogen (secondary N) is 1. The molecule has 0 spiro atoms. The normalized spacial score (nSPS) is 15.2. The van der Waals surface area contributed by atoms with Gasteiger partial charge in [0.2, 0.25) is 0 Å². The van der Waals surface area contributed by atoms with Crippen molar-refractivity contribution in [2.75, 3.05) is 4.90 Å². The van der Waals surface area contributed by atoms with Gasteiger partial charge in [-0.25, -0.2) is 0 Å². The number of carboxylic acids is 1. The molecule has 160 valence electrons. The number of anilines is 1. The van der Waals surface area contributed by atoms with Crippen molar-refractivity contribution in [1.29, 1.82) is 0 Å². The molecule has 4 rings (SSSR count). The third-order valence-electron chi connectivity index (χ3n) is 4.78. The van der Waals surface area contributed by atoms with Crippen LogP contribution < -0.4 is 15.3 Å². The fourth-order valence-electron chi connectivity index (χ4n) is 3.15. The Kier molecular flexibility index (Phi) is 5.65. The largest absolute Gasteiger partial charge is 0.545 e. The lowest BCUT2D eigenvalue weighted by Crippen LogP contribution is -2.54. The van der Waals surface area contributed by atoms with E-state index >= 15 is 0 Å². The zero-order valence-electron chi connectivity index (χ0n) is 16.5. The van der Waals surface area contributed by atoms with Crippen LogP contribution in [0.2, 0.25) is 5.02 Å². The Labute approximate surface area is 192 Å². The first kappa shape index (κ1) is 21.5. The number of nitrogens with zero attached hydrogens (tertiary/aromatic N) is 1. The lowest BCUT2D eigenvalue weighted by atomic mass is 10.1. The number of aryl methyl sites for hydroxylation is 1. The molecule has 2 heterocycles. The van der Waals surface area contributed by atoms with Gasteiger partial charge in [-0.1, -0.05) is 29.3 Å². The molecule has 9 heteroatoms. The first-order chi connectivity index (χ1) is 15.2. The molecule has 32 heavy (non-hydrogen) atoms. The number of carbonyl (C=O) groups is 3. The van der Waals surface area contributed by atoms with Gasteiger partial charge in [0, 0.05) is 16.1 Å². The number of carboxylic acid groups (broad SMARTS) is 1. The fraction of sp³-hybridized carbons (Fsp3) is 0.0435. The van der Waals surface area contributed by atoms with E-state index in [0.29, 0.717) is 17.0 Å². The number of furan rings is 1. The van der Waals surface area contributed by atoms with Gasteiger partial charge in [0.15, 0.2) is 5.11 Å². The molecular weight excluding hydrogens is 452 g/mol. The molecule has 0 aliphatic carbocycles. The minimum Gasteiger partial charge on any atom is -0.545 e. The molecule has 2 aromatic carbocycles. The van der Waals surface area contributed by atoms with Crippen LogP contribution >= 0.6 is 23.8 Å². The molecule has 0 bridgehead atoms. The Hall–Kier alpha value is -3.75. The first-order valence-corrected chi connectivity index (χ1v) is 10.1. The average Bonchev–Trinajstić information content (AvgIpc) is 3.21. The van der Waals surface area contributed by atoms with E-state index in [0.717, 1.165) is 5.56 Å². The van der Waals surface area contributed by atoms with E-state index in [-0.39, 0.29) is 27.0 Å². The molecule has 3 aromatic rings. The van der Waals surface area contributed by atoms with E-state index in [9.17, 15) is 19.5 Å². The molecule has 1 aliphatic heterocycles. The highest BCUT2D eigenvalue weighted by Gasteiger charge is 2.34. The van der Waals surface area contributed by atoms with Crippen LogP contribution in [0.4, 0.5) is 5.69 Å². The van der Waals surface area contributed by atoms with Gasteiger partial charge in [-0.05, 0) is 67.7 Å². The van der Waals surface area contributed by atoms with Gasteiger partial charge in [-0.2, -0.15) is 0 Å². The quantitative estimate of drug-likeness (QED) is 0.361. The Balaban J connectivity index is 1.67. The lowest BCUT2D eigenvalue weighted by molar-refractivity contribution is -0.255. The minimum absolute atomic E-state index is 0.0166. The van der Waals surface area contributed by atoms with E-state index in [1.807, 2.05) is 19.1 Å². The zero-order chi connectivity index (χ0) is 23.0. The summed E-state index contributed by atoms with van der Waals surface area (Å²) in [5, 5.41) is 13.7. The molecule has 2 amide bonds. The van der Waals surface area contributed by atoms with Crippen LogP contribution in [0, 0.1) is 6.92 Å². The molecule has 7 nitrogen and oxygen atoms in total. The Morgan fingerprint density at radius 2 is 1.84 bits per heavy atom. The first-order valence-electron chi connectivity index (χ1n) is 9.34. The van der Waals surface area contributed by atoms with Crippen LogP contribution in [0.5, 0.6) is 0 Å². The molecule has 1 N–H and O–H groups in total. The van der Waals surface area contributed by atoms with Crippen molar-refractivity contribution in [1.82, 2.24) is 5.32 Å². The van der Waals surface area contributed by atoms with Crippen molar-refractivity contribution in [2.24, 2.45) is 0 Å². The molecular formula is C23H14ClN2O5S-. The van der Waals surface area contributed by atoms with Crippen LogP contribution in [0.1, 0.15) is 21.7 Å². The van der Waals surface area contributed by atoms with E-state index in [1.54, 1.807) is 30.3 Å². The number of amides is 2. The summed E-state index contributed by atoms with van der Waals surface area (Å²) in [5.74, 6) is -2.11. The molecule has 0 atom stereocenters. The highest BCUT2D eigenvalue weighted by Crippen LogP contribution is 2.28. The second-order valence-electron chi connectivity index (χ2n) is 6.98. The maximum atomic E-state index is 13.1. The van der Waals surface area contributed by atoms with Gasteiger partial charge < -0.3 is 14.3 Å². The van der Waals surface area contributed by atoms with Crippen molar-refractivity contribution in [3.05, 3.63) is 82.1 Å². The van der Waals surface area contributed by atoms with Gasteiger partial charge in [0.1, 0.15) is 17.1 Å². The number of benzene rings is 2. The number of hydrogen-bond acceptors (Lipinski definition) is 6. The lowest BCUT2D eigenvalue weighted by Gasteiger charge is -2.28. The summed E-state index contributed by atoms with van der Waals surface area (Å²) >= 11 is 11.1. The smallest absolute Gasteiger partial charge is 0.270 e. The minimum atomic E-state index is -1.41. The highest BCUT2D eigenvalue weighted by atomic mass is 35.5. The van der Waals surface area contributed by atoms with Crippen LogP contribution in [0.25, 0.3) is 17.4 Å². The second-order valence-corrected chi connectivity index (χ2v) is 7.77. The maximum Gasteiger partial charge on any atom is 0.270 e. The van der Waals surface area contributed by atoms with E-state index in [1.165, 1.54) is 23.1 Å². The zero-order valence-corrected chi connectivity index (χ0v) is 18.1. The summed E-state index contributed by atoms with van der Waals surface area (Å²) in [7, 11) is 0. The predicted octanol–water partition coefficient (Wildman–Crippen LogP) is 3.10. The Morgan fingerprint density at radius 1 is 1.12 bits per heavy atom. The number of halogens is 1. The summed E-state index contributed by atoms with van der Waals surface area (Å²) in [4.78, 5) is 37.9. The van der Waals surface area contributed by atoms with Gasteiger partial charge in [0.25, 0.3) is 11.8 Å². The van der Waals surface area contributed by atoms with E-state index in [2.05, 4.69) is 5.32 Å². The molecule has 1 aromatic heterocycles. The van der Waals surface area contributed by atoms with Crippen molar-refractivity contribution in [3.8, 4) is 11.3 Å². The molecule has 1 fully saturated rings. The van der Waals surface area contributed by atoms with E-state index in [4.69, 9.17) is 28.2 Å². The van der Waals surface area contributed by atoms with Crippen LogP contribution in [0.15, 0.2) is 64.6 Å². The Morgan fingerprint density at radius 3 is 2.53 bits per heavy atom. The van der Waals surface area contributed by atoms with Crippen molar-refractivity contribution in [3.63, 3.8) is 0 Å². The third kappa shape index (κ3) is 4.05. The van der Waals surface area contributed by atoms with Gasteiger partial charge >= 0.3 is 0 Å². The third-order valence-corrected chi connectivity index (χ3v) is 5.39. The van der Waals surface area contributed by atoms with Crippen LogP contribution in [-0.2, 0) is 9.59 Å². The van der Waals surface area contributed by atoms with Gasteiger partial charge in [-0.3, -0.25) is 19.8 Å². The molecule has 0 saturated carbocycles. The van der Waals surface area contributed by atoms with Crippen molar-refractivity contribution in [2.45, 2.75) is 6.92 Å².